The van der Waals surface area contributed by atoms with E-state index < -0.39 is 0 Å². The van der Waals surface area contributed by atoms with E-state index in [4.69, 9.17) is 9.47 Å². The molecule has 1 N–H and O–H groups in total. The van der Waals surface area contributed by atoms with Crippen LogP contribution in [0.3, 0.4) is 0 Å². The third-order valence-electron chi connectivity index (χ3n) is 3.81. The number of benzene rings is 1. The van der Waals surface area contributed by atoms with Gasteiger partial charge in [0.25, 0.3) is 0 Å². The molecule has 1 saturated carbocycles. The van der Waals surface area contributed by atoms with E-state index >= 15 is 0 Å². The van der Waals surface area contributed by atoms with Crippen LogP contribution in [0.5, 0.6) is 11.5 Å². The smallest absolute Gasteiger partial charge is 0.231 e. The first-order valence-corrected chi connectivity index (χ1v) is 7.41. The maximum absolute atomic E-state index is 5.39. The first-order valence-electron chi connectivity index (χ1n) is 6.61. The fourth-order valence-corrected chi connectivity index (χ4v) is 2.87. The number of fused-ring (bicyclic) bond motifs is 1. The first-order chi connectivity index (χ1) is 8.83. The minimum Gasteiger partial charge on any atom is -0.454 e. The Morgan fingerprint density at radius 2 is 2.00 bits per heavy atom. The summed E-state index contributed by atoms with van der Waals surface area (Å²) >= 11 is 3.58. The van der Waals surface area contributed by atoms with E-state index in [9.17, 15) is 0 Å². The van der Waals surface area contributed by atoms with Crippen molar-refractivity contribution in [2.24, 2.45) is 5.92 Å². The van der Waals surface area contributed by atoms with E-state index in [2.05, 4.69) is 27.3 Å². The number of hydrogen-bond donors (Lipinski definition) is 1. The van der Waals surface area contributed by atoms with E-state index in [-0.39, 0.29) is 0 Å². The summed E-state index contributed by atoms with van der Waals surface area (Å²) in [6.07, 6.45) is 5.59. The maximum Gasteiger partial charge on any atom is 0.231 e. The molecular weight excluding hydrogens is 294 g/mol. The van der Waals surface area contributed by atoms with E-state index in [0.717, 1.165) is 35.0 Å². The molecule has 0 atom stereocenters. The normalized spacial score (nSPS) is 17.8. The number of ether oxygens (including phenoxy) is 2. The molecule has 1 heterocycles. The van der Waals surface area contributed by atoms with Crippen LogP contribution in [-0.2, 0) is 6.54 Å². The van der Waals surface area contributed by atoms with Crippen LogP contribution in [0.1, 0.15) is 31.2 Å². The van der Waals surface area contributed by atoms with E-state index in [1.807, 2.05) is 6.07 Å². The molecule has 0 bridgehead atoms. The lowest BCUT2D eigenvalue weighted by molar-refractivity contribution is 0.174. The topological polar surface area (TPSA) is 30.5 Å². The summed E-state index contributed by atoms with van der Waals surface area (Å²) in [5, 5.41) is 3.51. The van der Waals surface area contributed by atoms with Crippen LogP contribution in [0, 0.1) is 5.92 Å². The fraction of sp³-hybridized carbons (Fsp3) is 0.571. The van der Waals surface area contributed by atoms with Crippen LogP contribution in [0.15, 0.2) is 16.6 Å². The Bertz CT molecular complexity index is 432. The SMILES string of the molecule is Brc1cc2c(cc1CNCCC1CCC1)OCO2. The van der Waals surface area contributed by atoms with Gasteiger partial charge >= 0.3 is 0 Å². The largest absolute Gasteiger partial charge is 0.454 e. The van der Waals surface area contributed by atoms with Crippen molar-refractivity contribution in [1.29, 1.82) is 0 Å². The van der Waals surface area contributed by atoms with Crippen LogP contribution in [0.4, 0.5) is 0 Å². The molecule has 1 aromatic carbocycles. The van der Waals surface area contributed by atoms with Crippen molar-refractivity contribution in [3.63, 3.8) is 0 Å². The van der Waals surface area contributed by atoms with Crippen molar-refractivity contribution in [2.75, 3.05) is 13.3 Å². The van der Waals surface area contributed by atoms with Crippen LogP contribution < -0.4 is 14.8 Å². The highest BCUT2D eigenvalue weighted by Gasteiger charge is 2.17. The number of hydrogen-bond acceptors (Lipinski definition) is 3. The van der Waals surface area contributed by atoms with Crippen molar-refractivity contribution < 1.29 is 9.47 Å². The molecule has 3 nitrogen and oxygen atoms in total. The van der Waals surface area contributed by atoms with Gasteiger partial charge in [0.2, 0.25) is 6.79 Å². The zero-order valence-corrected chi connectivity index (χ0v) is 12.0. The van der Waals surface area contributed by atoms with Gasteiger partial charge in [-0.2, -0.15) is 0 Å². The Hall–Kier alpha value is -0.740. The molecule has 98 valence electrons. The molecule has 0 unspecified atom stereocenters. The Labute approximate surface area is 116 Å². The van der Waals surface area contributed by atoms with Gasteiger partial charge in [-0.3, -0.25) is 0 Å². The molecule has 0 amide bonds. The second kappa shape index (κ2) is 5.49. The Morgan fingerprint density at radius 1 is 1.22 bits per heavy atom. The minimum absolute atomic E-state index is 0.334. The maximum atomic E-state index is 5.39. The number of rotatable bonds is 5. The molecule has 0 spiro atoms. The van der Waals surface area contributed by atoms with Gasteiger partial charge in [-0.1, -0.05) is 35.2 Å². The monoisotopic (exact) mass is 311 g/mol. The summed E-state index contributed by atoms with van der Waals surface area (Å²) < 4.78 is 11.8. The van der Waals surface area contributed by atoms with Crippen LogP contribution in [0.25, 0.3) is 0 Å². The predicted octanol–water partition coefficient (Wildman–Crippen LogP) is 3.46. The average Bonchev–Trinajstić information content (AvgIpc) is 2.73. The van der Waals surface area contributed by atoms with Gasteiger partial charge in [0.1, 0.15) is 0 Å². The molecule has 0 saturated heterocycles. The molecule has 1 aromatic rings. The summed E-state index contributed by atoms with van der Waals surface area (Å²) in [4.78, 5) is 0. The molecule has 2 aliphatic rings. The Morgan fingerprint density at radius 3 is 2.72 bits per heavy atom. The third kappa shape index (κ3) is 2.64. The Balaban J connectivity index is 1.52. The zero-order valence-electron chi connectivity index (χ0n) is 10.4. The van der Waals surface area contributed by atoms with Crippen LogP contribution >= 0.6 is 15.9 Å². The van der Waals surface area contributed by atoms with Crippen molar-refractivity contribution in [1.82, 2.24) is 5.32 Å². The van der Waals surface area contributed by atoms with Gasteiger partial charge in [0.05, 0.1) is 0 Å². The van der Waals surface area contributed by atoms with Crippen LogP contribution in [0.2, 0.25) is 0 Å². The minimum atomic E-state index is 0.334. The summed E-state index contributed by atoms with van der Waals surface area (Å²) in [5.74, 6) is 2.66. The Kier molecular flexibility index (Phi) is 3.75. The predicted molar refractivity (Wildman–Crippen MR) is 73.9 cm³/mol. The molecule has 18 heavy (non-hydrogen) atoms. The molecule has 1 aliphatic heterocycles. The lowest BCUT2D eigenvalue weighted by Gasteiger charge is -2.25. The first kappa shape index (κ1) is 12.3. The zero-order chi connectivity index (χ0) is 12.4. The molecule has 0 radical (unpaired) electrons. The molecule has 0 aromatic heterocycles. The second-order valence-corrected chi connectivity index (χ2v) is 5.91. The van der Waals surface area contributed by atoms with Gasteiger partial charge in [-0.05, 0) is 36.6 Å². The third-order valence-corrected chi connectivity index (χ3v) is 4.55. The van der Waals surface area contributed by atoms with Gasteiger partial charge in [0, 0.05) is 11.0 Å². The van der Waals surface area contributed by atoms with E-state index in [1.165, 1.54) is 31.2 Å². The lowest BCUT2D eigenvalue weighted by atomic mass is 9.83. The van der Waals surface area contributed by atoms with Gasteiger partial charge < -0.3 is 14.8 Å². The van der Waals surface area contributed by atoms with E-state index in [1.54, 1.807) is 0 Å². The summed E-state index contributed by atoms with van der Waals surface area (Å²) in [7, 11) is 0. The highest BCUT2D eigenvalue weighted by molar-refractivity contribution is 9.10. The van der Waals surface area contributed by atoms with Crippen molar-refractivity contribution in [2.45, 2.75) is 32.2 Å². The van der Waals surface area contributed by atoms with Gasteiger partial charge in [-0.25, -0.2) is 0 Å². The summed E-state index contributed by atoms with van der Waals surface area (Å²) in [6, 6.07) is 4.05. The standard InChI is InChI=1S/C14H18BrNO2/c15-12-7-14-13(17-9-18-14)6-11(12)8-16-5-4-10-2-1-3-10/h6-7,10,16H,1-5,8-9H2. The van der Waals surface area contributed by atoms with Gasteiger partial charge in [0.15, 0.2) is 11.5 Å². The van der Waals surface area contributed by atoms with Crippen LogP contribution in [-0.4, -0.2) is 13.3 Å². The highest BCUT2D eigenvalue weighted by Crippen LogP contribution is 2.36. The summed E-state index contributed by atoms with van der Waals surface area (Å²) in [6.45, 7) is 2.32. The second-order valence-electron chi connectivity index (χ2n) is 5.06. The number of nitrogens with one attached hydrogen (secondary N) is 1. The molecule has 3 rings (SSSR count). The van der Waals surface area contributed by atoms with Crippen molar-refractivity contribution in [3.05, 3.63) is 22.2 Å². The van der Waals surface area contributed by atoms with Gasteiger partial charge in [-0.15, -0.1) is 0 Å². The van der Waals surface area contributed by atoms with E-state index in [0.29, 0.717) is 6.79 Å². The highest BCUT2D eigenvalue weighted by atomic mass is 79.9. The van der Waals surface area contributed by atoms with Crippen molar-refractivity contribution in [3.8, 4) is 11.5 Å². The lowest BCUT2D eigenvalue weighted by Crippen LogP contribution is -2.21. The number of halogens is 1. The molecule has 4 heteroatoms. The molecule has 1 fully saturated rings. The van der Waals surface area contributed by atoms with Crippen molar-refractivity contribution >= 4 is 15.9 Å². The average molecular weight is 312 g/mol. The fourth-order valence-electron chi connectivity index (χ4n) is 2.41. The molecular formula is C14H18BrNO2. The quantitative estimate of drug-likeness (QED) is 0.845. The summed E-state index contributed by atoms with van der Waals surface area (Å²) in [5.41, 5.74) is 1.23. The molecule has 1 aliphatic carbocycles.